The molecule has 25 heavy (non-hydrogen) atoms. The number of benzene rings is 2. The number of aromatic amines is 1. The first-order valence-corrected chi connectivity index (χ1v) is 7.50. The summed E-state index contributed by atoms with van der Waals surface area (Å²) < 4.78 is 5.03. The van der Waals surface area contributed by atoms with Crippen LogP contribution in [0, 0.1) is 0 Å². The summed E-state index contributed by atoms with van der Waals surface area (Å²) in [5.41, 5.74) is 0.800. The van der Waals surface area contributed by atoms with Crippen molar-refractivity contribution in [3.8, 4) is 17.0 Å². The van der Waals surface area contributed by atoms with Gasteiger partial charge >= 0.3 is 6.09 Å². The third-order valence-electron chi connectivity index (χ3n) is 3.40. The molecule has 0 unspecified atom stereocenters. The van der Waals surface area contributed by atoms with E-state index < -0.39 is 17.5 Å². The van der Waals surface area contributed by atoms with Crippen molar-refractivity contribution >= 4 is 12.0 Å². The maximum Gasteiger partial charge on any atom is 0.414 e. The number of anilines is 1. The molecule has 3 N–H and O–H groups in total. The number of aromatic hydroxyl groups is 1. The second-order valence-corrected chi connectivity index (χ2v) is 5.17. The lowest BCUT2D eigenvalue weighted by molar-refractivity contribution is 0.155. The molecule has 0 aliphatic rings. The Morgan fingerprint density at radius 1 is 1.08 bits per heavy atom. The number of nitrogens with one attached hydrogen (secondary N) is 2. The number of H-pyrrole nitrogens is 1. The van der Waals surface area contributed by atoms with Crippen molar-refractivity contribution in [3.63, 3.8) is 0 Å². The zero-order valence-corrected chi connectivity index (χ0v) is 13.1. The molecule has 0 radical (unpaired) electrons. The minimum atomic E-state index is -0.793. The van der Waals surface area contributed by atoms with Gasteiger partial charge < -0.3 is 9.84 Å². The topological polar surface area (TPSA) is 104 Å². The molecule has 1 heterocycles. The van der Waals surface area contributed by atoms with E-state index in [0.29, 0.717) is 5.56 Å². The number of aromatic nitrogens is 2. The largest absolute Gasteiger partial charge is 0.493 e. The first-order valence-electron chi connectivity index (χ1n) is 7.50. The zero-order chi connectivity index (χ0) is 17.6. The molecule has 0 saturated carbocycles. The van der Waals surface area contributed by atoms with E-state index in [1.807, 2.05) is 30.3 Å². The van der Waals surface area contributed by atoms with Crippen LogP contribution in [0.3, 0.4) is 0 Å². The van der Waals surface area contributed by atoms with Crippen LogP contribution in [0.2, 0.25) is 0 Å². The summed E-state index contributed by atoms with van der Waals surface area (Å²) in [5.74, 6) is -0.673. The molecule has 0 spiro atoms. The summed E-state index contributed by atoms with van der Waals surface area (Å²) in [6.45, 7) is 0.0744. The average molecular weight is 337 g/mol. The summed E-state index contributed by atoms with van der Waals surface area (Å²) in [4.78, 5) is 30.2. The first-order chi connectivity index (χ1) is 12.1. The van der Waals surface area contributed by atoms with Gasteiger partial charge in [-0.25, -0.2) is 4.79 Å². The minimum absolute atomic E-state index is 0.0313. The van der Waals surface area contributed by atoms with E-state index in [9.17, 15) is 14.7 Å². The highest BCUT2D eigenvalue weighted by Crippen LogP contribution is 2.23. The molecule has 0 fully saturated rings. The van der Waals surface area contributed by atoms with Crippen molar-refractivity contribution < 1.29 is 14.6 Å². The second kappa shape index (κ2) is 7.31. The Hall–Kier alpha value is -3.61. The molecule has 0 aliphatic carbocycles. The fourth-order valence-corrected chi connectivity index (χ4v) is 2.24. The van der Waals surface area contributed by atoms with E-state index in [1.165, 1.54) is 0 Å². The van der Waals surface area contributed by atoms with Crippen molar-refractivity contribution in [1.82, 2.24) is 9.97 Å². The van der Waals surface area contributed by atoms with Gasteiger partial charge in [0.15, 0.2) is 0 Å². The highest BCUT2D eigenvalue weighted by molar-refractivity contribution is 5.82. The number of hydrogen-bond donors (Lipinski definition) is 3. The smallest absolute Gasteiger partial charge is 0.414 e. The van der Waals surface area contributed by atoms with Gasteiger partial charge in [0, 0.05) is 0 Å². The Kier molecular flexibility index (Phi) is 4.75. The molecule has 7 heteroatoms. The molecular formula is C18H15N3O4. The summed E-state index contributed by atoms with van der Waals surface area (Å²) in [7, 11) is 0. The molecule has 0 bridgehead atoms. The third-order valence-corrected chi connectivity index (χ3v) is 3.40. The highest BCUT2D eigenvalue weighted by Gasteiger charge is 2.14. The molecule has 3 rings (SSSR count). The van der Waals surface area contributed by atoms with Crippen molar-refractivity contribution in [2.24, 2.45) is 0 Å². The van der Waals surface area contributed by atoms with E-state index in [-0.39, 0.29) is 18.1 Å². The molecule has 1 aromatic heterocycles. The molecule has 7 nitrogen and oxygen atoms in total. The van der Waals surface area contributed by atoms with E-state index >= 15 is 0 Å². The summed E-state index contributed by atoms with van der Waals surface area (Å²) in [6, 6.07) is 17.8. The van der Waals surface area contributed by atoms with Crippen LogP contribution in [0.5, 0.6) is 5.88 Å². The number of hydrogen-bond acceptors (Lipinski definition) is 5. The third kappa shape index (κ3) is 4.03. The second-order valence-electron chi connectivity index (χ2n) is 5.17. The number of carbonyl (C=O) groups is 1. The summed E-state index contributed by atoms with van der Waals surface area (Å²) in [5, 5.41) is 12.3. The standard InChI is InChI=1S/C18H15N3O4/c22-15-14(13-9-5-2-6-10-13)16(23)20-17(19-15)21-18(24)25-11-12-7-3-1-4-8-12/h1-10H,11H2,(H3,19,20,21,22,23,24). The van der Waals surface area contributed by atoms with Crippen molar-refractivity contribution in [2.75, 3.05) is 5.32 Å². The minimum Gasteiger partial charge on any atom is -0.493 e. The number of ether oxygens (including phenoxy) is 1. The number of carbonyl (C=O) groups excluding carboxylic acids is 1. The molecule has 1 amide bonds. The van der Waals surface area contributed by atoms with Gasteiger partial charge in [0.05, 0.1) is 0 Å². The van der Waals surface area contributed by atoms with Gasteiger partial charge in [-0.1, -0.05) is 60.7 Å². The number of amides is 1. The van der Waals surface area contributed by atoms with Crippen LogP contribution in [0.4, 0.5) is 10.7 Å². The van der Waals surface area contributed by atoms with E-state index in [2.05, 4.69) is 15.3 Å². The summed E-state index contributed by atoms with van der Waals surface area (Å²) in [6.07, 6.45) is -0.793. The molecule has 3 aromatic rings. The lowest BCUT2D eigenvalue weighted by Crippen LogP contribution is -2.20. The van der Waals surface area contributed by atoms with Crippen molar-refractivity contribution in [3.05, 3.63) is 76.6 Å². The fourth-order valence-electron chi connectivity index (χ4n) is 2.24. The molecule has 2 aromatic carbocycles. The Bertz CT molecular complexity index is 924. The molecule has 0 saturated heterocycles. The van der Waals surface area contributed by atoms with Gasteiger partial charge in [0.1, 0.15) is 12.2 Å². The van der Waals surface area contributed by atoms with Gasteiger partial charge in [0.25, 0.3) is 5.56 Å². The molecular weight excluding hydrogens is 322 g/mol. The molecule has 0 aliphatic heterocycles. The lowest BCUT2D eigenvalue weighted by atomic mass is 10.1. The van der Waals surface area contributed by atoms with Crippen LogP contribution in [0.15, 0.2) is 65.5 Å². The maximum atomic E-state index is 12.2. The first kappa shape index (κ1) is 16.3. The maximum absolute atomic E-state index is 12.2. The van der Waals surface area contributed by atoms with Gasteiger partial charge in [-0.3, -0.25) is 15.1 Å². The normalized spacial score (nSPS) is 10.2. The van der Waals surface area contributed by atoms with E-state index in [0.717, 1.165) is 5.56 Å². The Morgan fingerprint density at radius 2 is 1.72 bits per heavy atom. The van der Waals surface area contributed by atoms with Crippen LogP contribution in [0.1, 0.15) is 5.56 Å². The van der Waals surface area contributed by atoms with Crippen LogP contribution in [-0.4, -0.2) is 21.2 Å². The van der Waals surface area contributed by atoms with Crippen LogP contribution in [0.25, 0.3) is 11.1 Å². The Morgan fingerprint density at radius 3 is 2.36 bits per heavy atom. The van der Waals surface area contributed by atoms with Gasteiger partial charge in [-0.2, -0.15) is 4.98 Å². The summed E-state index contributed by atoms with van der Waals surface area (Å²) >= 11 is 0. The average Bonchev–Trinajstić information content (AvgIpc) is 2.61. The SMILES string of the molecule is O=C(Nc1nc(O)c(-c2ccccc2)c(=O)[nH]1)OCc1ccccc1. The van der Waals surface area contributed by atoms with Crippen LogP contribution in [-0.2, 0) is 11.3 Å². The van der Waals surface area contributed by atoms with Crippen LogP contribution >= 0.6 is 0 Å². The van der Waals surface area contributed by atoms with Gasteiger partial charge in [0.2, 0.25) is 11.8 Å². The van der Waals surface area contributed by atoms with E-state index in [1.54, 1.807) is 30.3 Å². The van der Waals surface area contributed by atoms with Crippen LogP contribution < -0.4 is 10.9 Å². The molecule has 126 valence electrons. The highest BCUT2D eigenvalue weighted by atomic mass is 16.5. The van der Waals surface area contributed by atoms with Gasteiger partial charge in [-0.15, -0.1) is 0 Å². The number of nitrogens with zero attached hydrogens (tertiary/aromatic N) is 1. The van der Waals surface area contributed by atoms with Crippen molar-refractivity contribution in [1.29, 1.82) is 0 Å². The predicted octanol–water partition coefficient (Wildman–Crippen LogP) is 2.89. The monoisotopic (exact) mass is 337 g/mol. The Labute approximate surface area is 142 Å². The zero-order valence-electron chi connectivity index (χ0n) is 13.1. The quantitative estimate of drug-likeness (QED) is 0.679. The fraction of sp³-hybridized carbons (Fsp3) is 0.0556. The molecule has 0 atom stereocenters. The lowest BCUT2D eigenvalue weighted by Gasteiger charge is -2.08. The Balaban J connectivity index is 1.71. The van der Waals surface area contributed by atoms with Crippen molar-refractivity contribution in [2.45, 2.75) is 6.61 Å². The predicted molar refractivity (Wildman–Crippen MR) is 92.2 cm³/mol. The van der Waals surface area contributed by atoms with Gasteiger partial charge in [-0.05, 0) is 11.1 Å². The van der Waals surface area contributed by atoms with E-state index in [4.69, 9.17) is 4.74 Å². The number of rotatable bonds is 4.